The highest BCUT2D eigenvalue weighted by atomic mass is 16.5. The number of carbonyl (C=O) groups is 1. The molecule has 0 aromatic rings. The molecule has 0 saturated carbocycles. The Morgan fingerprint density at radius 2 is 2.15 bits per heavy atom. The van der Waals surface area contributed by atoms with Gasteiger partial charge in [-0.15, -0.1) is 0 Å². The molecule has 1 amide bonds. The maximum Gasteiger partial charge on any atom is 0.222 e. The molecular formula is C10H19NO2. The van der Waals surface area contributed by atoms with Crippen LogP contribution in [0, 0.1) is 11.8 Å². The van der Waals surface area contributed by atoms with E-state index in [1.165, 1.54) is 0 Å². The largest absolute Gasteiger partial charge is 0.384 e. The molecule has 0 unspecified atom stereocenters. The fraction of sp³-hybridized carbons (Fsp3) is 0.900. The van der Waals surface area contributed by atoms with Gasteiger partial charge in [0.25, 0.3) is 0 Å². The van der Waals surface area contributed by atoms with Crippen molar-refractivity contribution in [2.45, 2.75) is 20.3 Å². The third kappa shape index (κ3) is 2.99. The number of rotatable bonds is 4. The van der Waals surface area contributed by atoms with Crippen molar-refractivity contribution in [3.63, 3.8) is 0 Å². The minimum atomic E-state index is 0.294. The molecule has 76 valence electrons. The molecular weight excluding hydrogens is 166 g/mol. The van der Waals surface area contributed by atoms with Crippen LogP contribution in [0.1, 0.15) is 20.3 Å². The zero-order valence-electron chi connectivity index (χ0n) is 8.75. The molecule has 13 heavy (non-hydrogen) atoms. The normalized spacial score (nSPS) is 17.7. The Labute approximate surface area is 80.1 Å². The molecule has 1 aliphatic heterocycles. The van der Waals surface area contributed by atoms with Gasteiger partial charge in [0.15, 0.2) is 0 Å². The maximum atomic E-state index is 11.5. The quantitative estimate of drug-likeness (QED) is 0.657. The maximum absolute atomic E-state index is 11.5. The SMILES string of the molecule is COCC1CN(C(=O)CC(C)C)C1. The smallest absolute Gasteiger partial charge is 0.222 e. The highest BCUT2D eigenvalue weighted by molar-refractivity contribution is 5.77. The number of nitrogens with zero attached hydrogens (tertiary/aromatic N) is 1. The standard InChI is InChI=1S/C10H19NO2/c1-8(2)4-10(12)11-5-9(6-11)7-13-3/h8-9H,4-7H2,1-3H3. The molecule has 0 aliphatic carbocycles. The van der Waals surface area contributed by atoms with Crippen LogP contribution in [-0.4, -0.2) is 37.6 Å². The van der Waals surface area contributed by atoms with Gasteiger partial charge in [0, 0.05) is 32.5 Å². The predicted molar refractivity (Wildman–Crippen MR) is 51.4 cm³/mol. The van der Waals surface area contributed by atoms with Gasteiger partial charge in [-0.05, 0) is 5.92 Å². The summed E-state index contributed by atoms with van der Waals surface area (Å²) >= 11 is 0. The first-order chi connectivity index (χ1) is 6.13. The second-order valence-corrected chi connectivity index (χ2v) is 4.22. The highest BCUT2D eigenvalue weighted by Gasteiger charge is 2.30. The molecule has 1 rings (SSSR count). The first-order valence-electron chi connectivity index (χ1n) is 4.90. The summed E-state index contributed by atoms with van der Waals surface area (Å²) in [5, 5.41) is 0. The lowest BCUT2D eigenvalue weighted by Crippen LogP contribution is -2.51. The van der Waals surface area contributed by atoms with Crippen molar-refractivity contribution < 1.29 is 9.53 Å². The summed E-state index contributed by atoms with van der Waals surface area (Å²) < 4.78 is 5.02. The monoisotopic (exact) mass is 185 g/mol. The van der Waals surface area contributed by atoms with Gasteiger partial charge in [-0.3, -0.25) is 4.79 Å². The van der Waals surface area contributed by atoms with Gasteiger partial charge in [-0.2, -0.15) is 0 Å². The van der Waals surface area contributed by atoms with E-state index in [1.54, 1.807) is 7.11 Å². The predicted octanol–water partition coefficient (Wildman–Crippen LogP) is 1.14. The molecule has 1 saturated heterocycles. The van der Waals surface area contributed by atoms with Crippen LogP contribution in [0.25, 0.3) is 0 Å². The van der Waals surface area contributed by atoms with Crippen LogP contribution in [0.5, 0.6) is 0 Å². The molecule has 0 aromatic carbocycles. The van der Waals surface area contributed by atoms with E-state index in [4.69, 9.17) is 4.74 Å². The summed E-state index contributed by atoms with van der Waals surface area (Å²) in [5.41, 5.74) is 0. The summed E-state index contributed by atoms with van der Waals surface area (Å²) in [6, 6.07) is 0. The first-order valence-corrected chi connectivity index (χ1v) is 4.90. The molecule has 3 heteroatoms. The Kier molecular flexibility index (Phi) is 3.72. The zero-order valence-corrected chi connectivity index (χ0v) is 8.75. The van der Waals surface area contributed by atoms with Crippen molar-refractivity contribution >= 4 is 5.91 Å². The van der Waals surface area contributed by atoms with Gasteiger partial charge >= 0.3 is 0 Å². The lowest BCUT2D eigenvalue weighted by atomic mass is 9.99. The average Bonchev–Trinajstić information content (AvgIpc) is 1.93. The Hall–Kier alpha value is -0.570. The zero-order chi connectivity index (χ0) is 9.84. The van der Waals surface area contributed by atoms with Crippen LogP contribution in [0.4, 0.5) is 0 Å². The van der Waals surface area contributed by atoms with E-state index >= 15 is 0 Å². The van der Waals surface area contributed by atoms with Crippen molar-refractivity contribution in [3.05, 3.63) is 0 Å². The number of methoxy groups -OCH3 is 1. The van der Waals surface area contributed by atoms with Crippen LogP contribution in [0.15, 0.2) is 0 Å². The minimum absolute atomic E-state index is 0.294. The van der Waals surface area contributed by atoms with Gasteiger partial charge in [-0.25, -0.2) is 0 Å². The summed E-state index contributed by atoms with van der Waals surface area (Å²) in [4.78, 5) is 13.4. The van der Waals surface area contributed by atoms with Crippen molar-refractivity contribution in [1.82, 2.24) is 4.90 Å². The highest BCUT2D eigenvalue weighted by Crippen LogP contribution is 2.17. The van der Waals surface area contributed by atoms with Gasteiger partial charge in [0.05, 0.1) is 6.61 Å². The molecule has 0 spiro atoms. The van der Waals surface area contributed by atoms with E-state index < -0.39 is 0 Å². The number of carbonyl (C=O) groups excluding carboxylic acids is 1. The lowest BCUT2D eigenvalue weighted by molar-refractivity contribution is -0.139. The topological polar surface area (TPSA) is 29.5 Å². The fourth-order valence-electron chi connectivity index (χ4n) is 1.59. The number of hydrogen-bond acceptors (Lipinski definition) is 2. The number of amides is 1. The summed E-state index contributed by atoms with van der Waals surface area (Å²) in [6.07, 6.45) is 0.680. The molecule has 3 nitrogen and oxygen atoms in total. The number of ether oxygens (including phenoxy) is 1. The van der Waals surface area contributed by atoms with Crippen molar-refractivity contribution in [1.29, 1.82) is 0 Å². The number of likely N-dealkylation sites (tertiary alicyclic amines) is 1. The van der Waals surface area contributed by atoms with Crippen LogP contribution in [0.2, 0.25) is 0 Å². The Bertz CT molecular complexity index is 174. The molecule has 1 heterocycles. The summed E-state index contributed by atoms with van der Waals surface area (Å²) in [6.45, 7) is 6.71. The third-order valence-corrected chi connectivity index (χ3v) is 2.30. The van der Waals surface area contributed by atoms with Crippen LogP contribution in [0.3, 0.4) is 0 Å². The van der Waals surface area contributed by atoms with Gasteiger partial charge < -0.3 is 9.64 Å². The summed E-state index contributed by atoms with van der Waals surface area (Å²) in [5.74, 6) is 1.33. The van der Waals surface area contributed by atoms with E-state index in [0.29, 0.717) is 24.2 Å². The van der Waals surface area contributed by atoms with Crippen LogP contribution >= 0.6 is 0 Å². The van der Waals surface area contributed by atoms with E-state index in [-0.39, 0.29) is 0 Å². The fourth-order valence-corrected chi connectivity index (χ4v) is 1.59. The van der Waals surface area contributed by atoms with E-state index in [9.17, 15) is 4.79 Å². The average molecular weight is 185 g/mol. The third-order valence-electron chi connectivity index (χ3n) is 2.30. The minimum Gasteiger partial charge on any atom is -0.384 e. The Morgan fingerprint density at radius 1 is 1.54 bits per heavy atom. The lowest BCUT2D eigenvalue weighted by Gasteiger charge is -2.39. The van der Waals surface area contributed by atoms with Crippen LogP contribution in [-0.2, 0) is 9.53 Å². The molecule has 1 fully saturated rings. The van der Waals surface area contributed by atoms with Crippen LogP contribution < -0.4 is 0 Å². The second-order valence-electron chi connectivity index (χ2n) is 4.22. The van der Waals surface area contributed by atoms with Crippen molar-refractivity contribution in [3.8, 4) is 0 Å². The molecule has 0 bridgehead atoms. The van der Waals surface area contributed by atoms with Crippen molar-refractivity contribution in [2.75, 3.05) is 26.8 Å². The first kappa shape index (κ1) is 10.5. The number of hydrogen-bond donors (Lipinski definition) is 0. The Balaban J connectivity index is 2.15. The second kappa shape index (κ2) is 4.61. The van der Waals surface area contributed by atoms with Gasteiger partial charge in [0.1, 0.15) is 0 Å². The van der Waals surface area contributed by atoms with E-state index in [1.807, 2.05) is 4.90 Å². The molecule has 0 N–H and O–H groups in total. The van der Waals surface area contributed by atoms with E-state index in [2.05, 4.69) is 13.8 Å². The molecule has 0 radical (unpaired) electrons. The Morgan fingerprint density at radius 3 is 2.62 bits per heavy atom. The molecule has 0 atom stereocenters. The van der Waals surface area contributed by atoms with Crippen molar-refractivity contribution in [2.24, 2.45) is 11.8 Å². The molecule has 1 aliphatic rings. The van der Waals surface area contributed by atoms with Gasteiger partial charge in [0.2, 0.25) is 5.91 Å². The van der Waals surface area contributed by atoms with Gasteiger partial charge in [-0.1, -0.05) is 13.8 Å². The summed E-state index contributed by atoms with van der Waals surface area (Å²) in [7, 11) is 1.71. The van der Waals surface area contributed by atoms with E-state index in [0.717, 1.165) is 19.7 Å². The molecule has 0 aromatic heterocycles.